The molecule has 0 saturated carbocycles. The summed E-state index contributed by atoms with van der Waals surface area (Å²) >= 11 is 0. The number of hydrogen-bond donors (Lipinski definition) is 0. The van der Waals surface area contributed by atoms with Crippen molar-refractivity contribution < 1.29 is 0 Å². The third kappa shape index (κ3) is 6.14. The maximum atomic E-state index is 2.45. The molecule has 0 spiro atoms. The maximum absolute atomic E-state index is 2.45. The van der Waals surface area contributed by atoms with Gasteiger partial charge in [-0.15, -0.1) is 0 Å². The van der Waals surface area contributed by atoms with Crippen LogP contribution in [0.3, 0.4) is 0 Å². The molecule has 3 unspecified atom stereocenters. The Morgan fingerprint density at radius 2 is 1.04 bits per heavy atom. The van der Waals surface area contributed by atoms with Crippen LogP contribution in [0.2, 0.25) is 0 Å². The molecule has 0 aliphatic carbocycles. The van der Waals surface area contributed by atoms with E-state index in [9.17, 15) is 0 Å². The smallest absolute Gasteiger partial charge is 0.290 e. The second-order valence-corrected chi connectivity index (χ2v) is 7.28. The minimum Gasteiger partial charge on any atom is -0.362 e. The first-order valence-corrected chi connectivity index (χ1v) is 9.85. The van der Waals surface area contributed by atoms with Gasteiger partial charge in [0.25, 0.3) is 22.6 Å². The largest absolute Gasteiger partial charge is 0.362 e. The minimum atomic E-state index is 0.548. The number of rotatable bonds is 10. The molecule has 23 heavy (non-hydrogen) atoms. The maximum Gasteiger partial charge on any atom is 0.290 e. The van der Waals surface area contributed by atoms with Crippen LogP contribution in [0.1, 0.15) is 87.0 Å². The van der Waals surface area contributed by atoms with Crippen molar-refractivity contribution in [2.45, 2.75) is 105 Å². The highest BCUT2D eigenvalue weighted by molar-refractivity contribution is 6.65. The first kappa shape index (κ1) is 21.1. The van der Waals surface area contributed by atoms with Crippen molar-refractivity contribution in [3.8, 4) is 0 Å². The lowest BCUT2D eigenvalue weighted by molar-refractivity contribution is 0.280. The van der Waals surface area contributed by atoms with Gasteiger partial charge in [0, 0.05) is 0 Å². The van der Waals surface area contributed by atoms with Crippen LogP contribution in [0.4, 0.5) is 0 Å². The van der Waals surface area contributed by atoms with Crippen molar-refractivity contribution in [3.63, 3.8) is 0 Å². The van der Waals surface area contributed by atoms with Gasteiger partial charge in [0.1, 0.15) is 0 Å². The molecule has 1 saturated heterocycles. The van der Waals surface area contributed by atoms with Crippen LogP contribution in [-0.2, 0) is 0 Å². The monoisotopic (exact) mass is 316 g/mol. The van der Waals surface area contributed by atoms with E-state index in [-0.39, 0.29) is 0 Å². The molecule has 3 atom stereocenters. The van der Waals surface area contributed by atoms with Crippen molar-refractivity contribution in [2.75, 3.05) is 0 Å². The Kier molecular flexibility index (Phi) is 9.95. The molecular formula is C17H37B3N3. The van der Waals surface area contributed by atoms with E-state index in [4.69, 9.17) is 0 Å². The van der Waals surface area contributed by atoms with Crippen molar-refractivity contribution in [1.29, 1.82) is 0 Å². The Morgan fingerprint density at radius 3 is 1.39 bits per heavy atom. The Balaban J connectivity index is 2.83. The van der Waals surface area contributed by atoms with Gasteiger partial charge in [-0.25, -0.2) is 0 Å². The Hall–Kier alpha value is 0.0748. The lowest BCUT2D eigenvalue weighted by Crippen LogP contribution is -2.67. The summed E-state index contributed by atoms with van der Waals surface area (Å²) < 4.78 is 7.30. The summed E-state index contributed by atoms with van der Waals surface area (Å²) in [5.74, 6) is 0.743. The highest BCUT2D eigenvalue weighted by Gasteiger charge is 2.35. The molecule has 0 amide bonds. The van der Waals surface area contributed by atoms with Gasteiger partial charge in [-0.05, 0) is 36.9 Å². The fraction of sp³-hybridized carbons (Fsp3) is 1.00. The molecule has 0 aromatic rings. The molecule has 3 nitrogen and oxygen atoms in total. The molecule has 1 fully saturated rings. The Labute approximate surface area is 148 Å². The van der Waals surface area contributed by atoms with Gasteiger partial charge in [-0.1, -0.05) is 74.1 Å². The van der Waals surface area contributed by atoms with E-state index in [2.05, 4.69) is 85.3 Å². The predicted molar refractivity (Wildman–Crippen MR) is 105 cm³/mol. The third-order valence-electron chi connectivity index (χ3n) is 5.43. The van der Waals surface area contributed by atoms with Gasteiger partial charge in [-0.3, -0.25) is 0 Å². The van der Waals surface area contributed by atoms with Gasteiger partial charge in [-0.2, -0.15) is 0 Å². The summed E-state index contributed by atoms with van der Waals surface area (Å²) in [6.45, 7) is 16.2. The number of nitrogens with zero attached hydrogens (tertiary/aromatic N) is 3. The molecule has 129 valence electrons. The molecule has 1 rings (SSSR count). The highest BCUT2D eigenvalue weighted by atomic mass is 15.3. The standard InChI is InChI=1S/C17H37B3N3/c1-8-12-14(5)21-18-22(15(6)13-9-2)20-23(19-21)16(7)17(10-3)11-4/h14-17H,8-13H2,1-7H3. The second-order valence-electron chi connectivity index (χ2n) is 7.28. The van der Waals surface area contributed by atoms with Crippen LogP contribution < -0.4 is 0 Å². The van der Waals surface area contributed by atoms with E-state index in [1.165, 1.54) is 38.5 Å². The molecular weight excluding hydrogens is 279 g/mol. The molecule has 1 heterocycles. The third-order valence-corrected chi connectivity index (χ3v) is 5.43. The fourth-order valence-electron chi connectivity index (χ4n) is 3.56. The second kappa shape index (κ2) is 10.8. The van der Waals surface area contributed by atoms with Gasteiger partial charge in [0.15, 0.2) is 0 Å². The molecule has 3 radical (unpaired) electrons. The molecule has 0 N–H and O–H groups in total. The summed E-state index contributed by atoms with van der Waals surface area (Å²) in [5, 5.41) is 0. The Morgan fingerprint density at radius 1 is 0.652 bits per heavy atom. The van der Waals surface area contributed by atoms with Crippen LogP contribution in [0.25, 0.3) is 0 Å². The highest BCUT2D eigenvalue weighted by Crippen LogP contribution is 2.22. The van der Waals surface area contributed by atoms with E-state index >= 15 is 0 Å². The topological polar surface area (TPSA) is 9.72 Å². The van der Waals surface area contributed by atoms with Gasteiger partial charge in [0.2, 0.25) is 0 Å². The van der Waals surface area contributed by atoms with Crippen molar-refractivity contribution in [1.82, 2.24) is 14.2 Å². The van der Waals surface area contributed by atoms with Crippen LogP contribution in [0.5, 0.6) is 0 Å². The average molecular weight is 316 g/mol. The summed E-state index contributed by atoms with van der Waals surface area (Å²) in [5.41, 5.74) is 0. The first-order chi connectivity index (χ1) is 11.0. The predicted octanol–water partition coefficient (Wildman–Crippen LogP) is 3.71. The molecule has 1 aliphatic heterocycles. The molecule has 1 aliphatic rings. The normalized spacial score (nSPS) is 21.4. The van der Waals surface area contributed by atoms with E-state index in [0.29, 0.717) is 18.1 Å². The zero-order valence-corrected chi connectivity index (χ0v) is 16.6. The van der Waals surface area contributed by atoms with Crippen LogP contribution in [-0.4, -0.2) is 54.9 Å². The van der Waals surface area contributed by atoms with Gasteiger partial charge >= 0.3 is 0 Å². The lowest BCUT2D eigenvalue weighted by Gasteiger charge is -2.48. The zero-order chi connectivity index (χ0) is 17.4. The molecule has 0 bridgehead atoms. The van der Waals surface area contributed by atoms with Crippen LogP contribution in [0, 0.1) is 5.92 Å². The number of hydrogen-bond acceptors (Lipinski definition) is 3. The van der Waals surface area contributed by atoms with E-state index in [0.717, 1.165) is 5.92 Å². The Bertz CT molecular complexity index is 295. The van der Waals surface area contributed by atoms with Crippen molar-refractivity contribution >= 4 is 22.6 Å². The molecule has 0 aromatic carbocycles. The minimum absolute atomic E-state index is 0.548. The zero-order valence-electron chi connectivity index (χ0n) is 16.6. The first-order valence-electron chi connectivity index (χ1n) is 9.85. The summed E-state index contributed by atoms with van der Waals surface area (Å²) in [6.07, 6.45) is 7.42. The summed E-state index contributed by atoms with van der Waals surface area (Å²) in [6, 6.07) is 1.66. The van der Waals surface area contributed by atoms with E-state index in [1.807, 2.05) is 0 Å². The fourth-order valence-corrected chi connectivity index (χ4v) is 3.56. The van der Waals surface area contributed by atoms with E-state index < -0.39 is 0 Å². The lowest BCUT2D eigenvalue weighted by atomic mass is 9.68. The van der Waals surface area contributed by atoms with Gasteiger partial charge in [0.05, 0.1) is 0 Å². The summed E-state index contributed by atoms with van der Waals surface area (Å²) in [7, 11) is 6.98. The van der Waals surface area contributed by atoms with Gasteiger partial charge < -0.3 is 14.2 Å². The SMILES string of the molecule is CCCC(C)N1[B]N(C(C)CCC)[B]N(C(C)C(CC)CC)[B]1. The van der Waals surface area contributed by atoms with Crippen molar-refractivity contribution in [2.24, 2.45) is 5.92 Å². The summed E-state index contributed by atoms with van der Waals surface area (Å²) in [4.78, 5) is 0. The van der Waals surface area contributed by atoms with E-state index in [1.54, 1.807) is 0 Å². The van der Waals surface area contributed by atoms with Crippen LogP contribution in [0.15, 0.2) is 0 Å². The quantitative estimate of drug-likeness (QED) is 0.569. The molecule has 6 heteroatoms. The molecule has 0 aromatic heterocycles. The van der Waals surface area contributed by atoms with Crippen LogP contribution >= 0.6 is 0 Å². The van der Waals surface area contributed by atoms with Crippen molar-refractivity contribution in [3.05, 3.63) is 0 Å². The average Bonchev–Trinajstić information content (AvgIpc) is 2.55.